The maximum absolute atomic E-state index is 13.0. The fourth-order valence-electron chi connectivity index (χ4n) is 2.65. The van der Waals surface area contributed by atoms with Gasteiger partial charge in [-0.25, -0.2) is 10.1 Å². The van der Waals surface area contributed by atoms with Crippen LogP contribution in [0.25, 0.3) is 0 Å². The van der Waals surface area contributed by atoms with E-state index in [2.05, 4.69) is 9.07 Å². The summed E-state index contributed by atoms with van der Waals surface area (Å²) < 4.78 is 33.7. The molecule has 2 aliphatic rings. The van der Waals surface area contributed by atoms with Gasteiger partial charge in [-0.1, -0.05) is 0 Å². The van der Waals surface area contributed by atoms with Gasteiger partial charge in [-0.05, 0) is 31.1 Å². The number of halogens is 2. The molecule has 2 aliphatic carbocycles. The highest BCUT2D eigenvalue weighted by Gasteiger charge is 2.52. The molecule has 0 aromatic carbocycles. The second-order valence-corrected chi connectivity index (χ2v) is 5.20. The molecule has 0 radical (unpaired) electrons. The summed E-state index contributed by atoms with van der Waals surface area (Å²) in [4.78, 5) is 11.1. The van der Waals surface area contributed by atoms with Crippen molar-refractivity contribution in [3.05, 3.63) is 0 Å². The summed E-state index contributed by atoms with van der Waals surface area (Å²) in [5.74, 6) is -1.81. The van der Waals surface area contributed by atoms with Crippen molar-refractivity contribution < 1.29 is 33.0 Å². The van der Waals surface area contributed by atoms with E-state index in [0.717, 1.165) is 12.8 Å². The number of carbonyl (C=O) groups excluding carboxylic acids is 1. The summed E-state index contributed by atoms with van der Waals surface area (Å²) in [6, 6.07) is 0. The van der Waals surface area contributed by atoms with Gasteiger partial charge in [0.2, 0.25) is 0 Å². The Morgan fingerprint density at radius 3 is 2.53 bits per heavy atom. The van der Waals surface area contributed by atoms with Gasteiger partial charge >= 0.3 is 11.2 Å². The van der Waals surface area contributed by atoms with Crippen LogP contribution >= 0.6 is 12.0 Å². The third-order valence-electron chi connectivity index (χ3n) is 3.42. The van der Waals surface area contributed by atoms with Crippen molar-refractivity contribution in [3.8, 4) is 0 Å². The predicted molar refractivity (Wildman–Crippen MR) is 53.0 cm³/mol. The number of hydrogen-bond acceptors (Lipinski definition) is 6. The largest absolute Gasteiger partial charge is 0.454 e. The molecule has 2 fully saturated rings. The molecule has 4 atom stereocenters. The van der Waals surface area contributed by atoms with Gasteiger partial charge in [0, 0.05) is 0 Å². The molecule has 0 spiro atoms. The summed E-state index contributed by atoms with van der Waals surface area (Å²) in [5, 5.41) is 13.6. The molecule has 0 aromatic heterocycles. The number of esters is 1. The molecule has 2 saturated carbocycles. The molecule has 5 nitrogen and oxygen atoms in total. The average molecular weight is 270 g/mol. The lowest BCUT2D eigenvalue weighted by atomic mass is 9.95. The molecule has 0 heterocycles. The van der Waals surface area contributed by atoms with Crippen molar-refractivity contribution in [1.29, 1.82) is 0 Å². The van der Waals surface area contributed by atoms with Gasteiger partial charge in [0.25, 0.3) is 0 Å². The number of fused-ring (bicyclic) bond motifs is 2. The van der Waals surface area contributed by atoms with Crippen LogP contribution < -0.4 is 0 Å². The van der Waals surface area contributed by atoms with Crippen molar-refractivity contribution in [2.75, 3.05) is 0 Å². The molecule has 0 aromatic rings. The number of rotatable bonds is 4. The average Bonchev–Trinajstić information content (AvgIpc) is 2.82. The van der Waals surface area contributed by atoms with Crippen LogP contribution in [0.4, 0.5) is 8.78 Å². The molecule has 2 N–H and O–H groups in total. The summed E-state index contributed by atoms with van der Waals surface area (Å²) >= 11 is -0.688. The van der Waals surface area contributed by atoms with Gasteiger partial charge in [-0.2, -0.15) is 13.1 Å². The van der Waals surface area contributed by atoms with E-state index in [-0.39, 0.29) is 11.8 Å². The van der Waals surface area contributed by atoms with Crippen LogP contribution in [0.3, 0.4) is 0 Å². The van der Waals surface area contributed by atoms with Crippen molar-refractivity contribution >= 4 is 18.0 Å². The Kier molecular flexibility index (Phi) is 3.58. The molecule has 0 amide bonds. The van der Waals surface area contributed by atoms with Gasteiger partial charge in [0.1, 0.15) is 18.1 Å². The molecular weight excluding hydrogens is 258 g/mol. The van der Waals surface area contributed by atoms with E-state index in [4.69, 9.17) is 5.26 Å². The minimum Gasteiger partial charge on any atom is -0.454 e. The molecule has 4 unspecified atom stereocenters. The van der Waals surface area contributed by atoms with Gasteiger partial charge in [0.05, 0.1) is 6.10 Å². The standard InChI is InChI=1S/C9H12F2O5S/c10-9(11,17-16-14)8(13)15-7-5-2-1-4(3-5)6(7)12/h4-7,12,14H,1-3H2. The van der Waals surface area contributed by atoms with Crippen LogP contribution in [0.2, 0.25) is 0 Å². The van der Waals surface area contributed by atoms with E-state index in [1.807, 2.05) is 0 Å². The van der Waals surface area contributed by atoms with Crippen molar-refractivity contribution in [2.45, 2.75) is 36.7 Å². The molecule has 0 saturated heterocycles. The Morgan fingerprint density at radius 2 is 2.00 bits per heavy atom. The number of aliphatic hydroxyl groups excluding tert-OH is 1. The summed E-state index contributed by atoms with van der Waals surface area (Å²) in [6.07, 6.45) is 0.577. The first-order valence-corrected chi connectivity index (χ1v) is 5.96. The summed E-state index contributed by atoms with van der Waals surface area (Å²) in [6.45, 7) is 0. The first-order chi connectivity index (χ1) is 7.95. The minimum absolute atomic E-state index is 0.0353. The second-order valence-electron chi connectivity index (χ2n) is 4.37. The first kappa shape index (κ1) is 13.0. The Bertz CT molecular complexity index is 312. The van der Waals surface area contributed by atoms with Crippen LogP contribution in [0.15, 0.2) is 0 Å². The number of carbonyl (C=O) groups is 1. The van der Waals surface area contributed by atoms with Crippen LogP contribution in [0.5, 0.6) is 0 Å². The fourth-order valence-corrected chi connectivity index (χ4v) is 2.86. The monoisotopic (exact) mass is 270 g/mol. The molecule has 8 heteroatoms. The van der Waals surface area contributed by atoms with E-state index < -0.39 is 35.5 Å². The normalized spacial score (nSPS) is 36.2. The number of hydrogen-bond donors (Lipinski definition) is 2. The Labute approximate surface area is 100 Å². The molecule has 0 aliphatic heterocycles. The Morgan fingerprint density at radius 1 is 1.35 bits per heavy atom. The summed E-state index contributed by atoms with van der Waals surface area (Å²) in [5.41, 5.74) is 0. The lowest BCUT2D eigenvalue weighted by Crippen LogP contribution is -2.40. The third kappa shape index (κ3) is 2.40. The smallest absolute Gasteiger partial charge is 0.415 e. The highest BCUT2D eigenvalue weighted by Crippen LogP contribution is 2.46. The molecule has 2 rings (SSSR count). The molecular formula is C9H12F2O5S. The van der Waals surface area contributed by atoms with Crippen LogP contribution in [0.1, 0.15) is 19.3 Å². The van der Waals surface area contributed by atoms with Crippen LogP contribution in [0, 0.1) is 11.8 Å². The Balaban J connectivity index is 1.95. The first-order valence-electron chi connectivity index (χ1n) is 5.22. The minimum atomic E-state index is -3.98. The lowest BCUT2D eigenvalue weighted by molar-refractivity contribution is -0.178. The highest BCUT2D eigenvalue weighted by atomic mass is 32.2. The Hall–Kier alpha value is -0.440. The van der Waals surface area contributed by atoms with Crippen molar-refractivity contribution in [3.63, 3.8) is 0 Å². The zero-order valence-electron chi connectivity index (χ0n) is 8.71. The van der Waals surface area contributed by atoms with Gasteiger partial charge < -0.3 is 9.84 Å². The third-order valence-corrected chi connectivity index (χ3v) is 3.87. The quantitative estimate of drug-likeness (QED) is 0.348. The number of alkyl halides is 2. The summed E-state index contributed by atoms with van der Waals surface area (Å²) in [7, 11) is 0. The number of ether oxygens (including phenoxy) is 1. The van der Waals surface area contributed by atoms with E-state index in [1.165, 1.54) is 0 Å². The fraction of sp³-hybridized carbons (Fsp3) is 0.889. The number of aliphatic hydroxyl groups is 1. The van der Waals surface area contributed by atoms with Crippen LogP contribution in [-0.4, -0.2) is 33.8 Å². The van der Waals surface area contributed by atoms with Crippen LogP contribution in [-0.2, 0) is 13.9 Å². The van der Waals surface area contributed by atoms with Crippen molar-refractivity contribution in [2.24, 2.45) is 11.8 Å². The SMILES string of the molecule is O=C(OC1C2CCC(C2)C1O)C(F)(F)SOO. The maximum Gasteiger partial charge on any atom is 0.415 e. The molecule has 17 heavy (non-hydrogen) atoms. The topological polar surface area (TPSA) is 76.0 Å². The van der Waals surface area contributed by atoms with E-state index in [0.29, 0.717) is 6.42 Å². The van der Waals surface area contributed by atoms with E-state index in [9.17, 15) is 18.7 Å². The maximum atomic E-state index is 13.0. The van der Waals surface area contributed by atoms with E-state index >= 15 is 0 Å². The predicted octanol–water partition coefficient (Wildman–Crippen LogP) is 1.42. The molecule has 98 valence electrons. The van der Waals surface area contributed by atoms with Gasteiger partial charge in [-0.3, -0.25) is 0 Å². The molecule has 2 bridgehead atoms. The zero-order chi connectivity index (χ0) is 12.6. The van der Waals surface area contributed by atoms with Crippen molar-refractivity contribution in [1.82, 2.24) is 0 Å². The van der Waals surface area contributed by atoms with Gasteiger partial charge in [-0.15, -0.1) is 0 Å². The highest BCUT2D eigenvalue weighted by molar-refractivity contribution is 7.96. The second kappa shape index (κ2) is 4.68. The zero-order valence-corrected chi connectivity index (χ0v) is 9.53. The lowest BCUT2D eigenvalue weighted by Gasteiger charge is -2.27. The van der Waals surface area contributed by atoms with E-state index in [1.54, 1.807) is 0 Å². The van der Waals surface area contributed by atoms with Gasteiger partial charge in [0.15, 0.2) is 0 Å².